The van der Waals surface area contributed by atoms with E-state index in [9.17, 15) is 0 Å². The van der Waals surface area contributed by atoms with Crippen molar-refractivity contribution in [3.63, 3.8) is 0 Å². The van der Waals surface area contributed by atoms with E-state index in [0.717, 1.165) is 24.1 Å². The third-order valence-corrected chi connectivity index (χ3v) is 2.75. The molecule has 2 rings (SSSR count). The van der Waals surface area contributed by atoms with Crippen LogP contribution in [0.25, 0.3) is 10.9 Å². The maximum Gasteiger partial charge on any atom is 0.0705 e. The minimum absolute atomic E-state index is 0.683. The zero-order chi connectivity index (χ0) is 11.9. The van der Waals surface area contributed by atoms with Crippen LogP contribution in [0.4, 0.5) is 0 Å². The Labute approximate surface area is 107 Å². The van der Waals surface area contributed by atoms with Gasteiger partial charge in [0, 0.05) is 17.7 Å². The largest absolute Gasteiger partial charge is 0.252 e. The van der Waals surface area contributed by atoms with Crippen LogP contribution in [0.5, 0.6) is 0 Å². The van der Waals surface area contributed by atoms with Crippen LogP contribution in [0, 0.1) is 11.8 Å². The van der Waals surface area contributed by atoms with Crippen molar-refractivity contribution < 1.29 is 0 Å². The summed E-state index contributed by atoms with van der Waals surface area (Å²) in [7, 11) is 0. The van der Waals surface area contributed by atoms with Crippen molar-refractivity contribution in [2.45, 2.75) is 19.3 Å². The smallest absolute Gasteiger partial charge is 0.0705 e. The summed E-state index contributed by atoms with van der Waals surface area (Å²) in [6.07, 6.45) is 2.55. The molecule has 1 nitrogen and oxygen atoms in total. The summed E-state index contributed by atoms with van der Waals surface area (Å²) in [5, 5.41) is 1.17. The van der Waals surface area contributed by atoms with Crippen LogP contribution in [0.2, 0.25) is 0 Å². The van der Waals surface area contributed by atoms with E-state index in [1.807, 2.05) is 24.3 Å². The summed E-state index contributed by atoms with van der Waals surface area (Å²) in [6, 6.07) is 12.3. The van der Waals surface area contributed by atoms with Gasteiger partial charge in [-0.15, -0.1) is 17.5 Å². The zero-order valence-corrected chi connectivity index (χ0v) is 10.4. The fourth-order valence-electron chi connectivity index (χ4n) is 1.60. The first-order valence-corrected chi connectivity index (χ1v) is 6.30. The summed E-state index contributed by atoms with van der Waals surface area (Å²) in [4.78, 5) is 4.56. The molecule has 1 heterocycles. The van der Waals surface area contributed by atoms with Gasteiger partial charge in [0.25, 0.3) is 0 Å². The molecule has 0 aliphatic rings. The number of nitrogens with zero attached hydrogens (tertiary/aromatic N) is 1. The summed E-state index contributed by atoms with van der Waals surface area (Å²) in [6.45, 7) is 0. The van der Waals surface area contributed by atoms with E-state index >= 15 is 0 Å². The Kier molecular flexibility index (Phi) is 4.41. The fourth-order valence-corrected chi connectivity index (χ4v) is 1.74. The highest BCUT2D eigenvalue weighted by molar-refractivity contribution is 6.17. The number of fused-ring (bicyclic) bond motifs is 1. The van der Waals surface area contributed by atoms with Gasteiger partial charge in [0.15, 0.2) is 0 Å². The van der Waals surface area contributed by atoms with E-state index in [1.54, 1.807) is 0 Å². The second kappa shape index (κ2) is 6.27. The molecule has 86 valence electrons. The number of aromatic nitrogens is 1. The maximum atomic E-state index is 5.58. The molecule has 0 aliphatic heterocycles. The first-order chi connectivity index (χ1) is 8.40. The van der Waals surface area contributed by atoms with Crippen LogP contribution < -0.4 is 0 Å². The normalized spacial score (nSPS) is 9.94. The molecule has 0 saturated carbocycles. The molecule has 2 heteroatoms. The highest BCUT2D eigenvalue weighted by Crippen LogP contribution is 2.11. The molecule has 0 atom stereocenters. The lowest BCUT2D eigenvalue weighted by atomic mass is 10.2. The number of benzene rings is 1. The minimum Gasteiger partial charge on any atom is -0.252 e. The molecule has 0 radical (unpaired) electrons. The van der Waals surface area contributed by atoms with Crippen molar-refractivity contribution in [1.29, 1.82) is 0 Å². The van der Waals surface area contributed by atoms with Crippen LogP contribution >= 0.6 is 11.6 Å². The minimum atomic E-state index is 0.683. The molecule has 0 aliphatic carbocycles. The number of alkyl halides is 1. The Morgan fingerprint density at radius 2 is 1.94 bits per heavy atom. The SMILES string of the molecule is ClCCCC#CCc1ccc2ccccc2n1. The average molecular weight is 244 g/mol. The van der Waals surface area contributed by atoms with E-state index in [1.165, 1.54) is 5.39 Å². The summed E-state index contributed by atoms with van der Waals surface area (Å²) < 4.78 is 0. The van der Waals surface area contributed by atoms with Crippen molar-refractivity contribution in [1.82, 2.24) is 4.98 Å². The third-order valence-electron chi connectivity index (χ3n) is 2.49. The number of pyridine rings is 1. The predicted octanol–water partition coefficient (Wildman–Crippen LogP) is 3.80. The topological polar surface area (TPSA) is 12.9 Å². The molecule has 0 amide bonds. The van der Waals surface area contributed by atoms with Gasteiger partial charge in [0.2, 0.25) is 0 Å². The molecule has 1 aromatic carbocycles. The fraction of sp³-hybridized carbons (Fsp3) is 0.267. The molecular weight excluding hydrogens is 230 g/mol. The molecule has 0 unspecified atom stereocenters. The van der Waals surface area contributed by atoms with Crippen molar-refractivity contribution in [3.05, 3.63) is 42.1 Å². The molecule has 0 saturated heterocycles. The Balaban J connectivity index is 2.06. The molecule has 17 heavy (non-hydrogen) atoms. The first kappa shape index (κ1) is 12.0. The standard InChI is InChI=1S/C15H14ClN/c16-12-6-2-1-3-8-14-11-10-13-7-4-5-9-15(13)17-14/h4-5,7,9-11H,2,6,8,12H2. The van der Waals surface area contributed by atoms with E-state index in [2.05, 4.69) is 29.0 Å². The summed E-state index contributed by atoms with van der Waals surface area (Å²) in [5.41, 5.74) is 2.06. The Morgan fingerprint density at radius 3 is 2.82 bits per heavy atom. The van der Waals surface area contributed by atoms with Crippen LogP contribution in [-0.2, 0) is 6.42 Å². The lowest BCUT2D eigenvalue weighted by molar-refractivity contribution is 0.989. The van der Waals surface area contributed by atoms with Gasteiger partial charge >= 0.3 is 0 Å². The van der Waals surface area contributed by atoms with Crippen LogP contribution in [0.15, 0.2) is 36.4 Å². The summed E-state index contributed by atoms with van der Waals surface area (Å²) in [5.74, 6) is 6.92. The number of hydrogen-bond donors (Lipinski definition) is 0. The number of hydrogen-bond acceptors (Lipinski definition) is 1. The first-order valence-electron chi connectivity index (χ1n) is 5.76. The Morgan fingerprint density at radius 1 is 1.06 bits per heavy atom. The zero-order valence-electron chi connectivity index (χ0n) is 9.62. The number of rotatable bonds is 3. The van der Waals surface area contributed by atoms with Gasteiger partial charge in [0.1, 0.15) is 0 Å². The van der Waals surface area contributed by atoms with Gasteiger partial charge < -0.3 is 0 Å². The van der Waals surface area contributed by atoms with Gasteiger partial charge in [-0.05, 0) is 18.6 Å². The lowest BCUT2D eigenvalue weighted by Gasteiger charge is -1.98. The monoisotopic (exact) mass is 243 g/mol. The van der Waals surface area contributed by atoms with Crippen LogP contribution in [-0.4, -0.2) is 10.9 Å². The third kappa shape index (κ3) is 3.47. The van der Waals surface area contributed by atoms with Crippen molar-refractivity contribution in [2.24, 2.45) is 0 Å². The molecule has 0 N–H and O–H groups in total. The summed E-state index contributed by atoms with van der Waals surface area (Å²) >= 11 is 5.58. The Hall–Kier alpha value is -1.52. The van der Waals surface area contributed by atoms with E-state index in [0.29, 0.717) is 12.3 Å². The number of para-hydroxylation sites is 1. The quantitative estimate of drug-likeness (QED) is 0.454. The van der Waals surface area contributed by atoms with Gasteiger partial charge in [0.05, 0.1) is 17.6 Å². The molecular formula is C15H14ClN. The Bertz CT molecular complexity index is 551. The van der Waals surface area contributed by atoms with Gasteiger partial charge in [-0.1, -0.05) is 30.2 Å². The van der Waals surface area contributed by atoms with Gasteiger partial charge in [-0.3, -0.25) is 4.98 Å². The maximum absolute atomic E-state index is 5.58. The lowest BCUT2D eigenvalue weighted by Crippen LogP contribution is -1.88. The number of unbranched alkanes of at least 4 members (excludes halogenated alkanes) is 1. The molecule has 0 bridgehead atoms. The molecule has 1 aromatic heterocycles. The van der Waals surface area contributed by atoms with Crippen molar-refractivity contribution >= 4 is 22.5 Å². The van der Waals surface area contributed by atoms with Crippen LogP contribution in [0.1, 0.15) is 18.5 Å². The number of halogens is 1. The van der Waals surface area contributed by atoms with E-state index in [4.69, 9.17) is 11.6 Å². The second-order valence-electron chi connectivity index (χ2n) is 3.82. The van der Waals surface area contributed by atoms with Crippen molar-refractivity contribution in [3.8, 4) is 11.8 Å². The van der Waals surface area contributed by atoms with Crippen molar-refractivity contribution in [2.75, 3.05) is 5.88 Å². The molecule has 0 fully saturated rings. The van der Waals surface area contributed by atoms with Gasteiger partial charge in [-0.25, -0.2) is 0 Å². The average Bonchev–Trinajstić information content (AvgIpc) is 2.38. The molecule has 2 aromatic rings. The van der Waals surface area contributed by atoms with E-state index in [-0.39, 0.29) is 0 Å². The highest BCUT2D eigenvalue weighted by atomic mass is 35.5. The van der Waals surface area contributed by atoms with Gasteiger partial charge in [-0.2, -0.15) is 0 Å². The molecule has 0 spiro atoms. The van der Waals surface area contributed by atoms with E-state index < -0.39 is 0 Å². The predicted molar refractivity (Wildman–Crippen MR) is 73.2 cm³/mol. The highest BCUT2D eigenvalue weighted by Gasteiger charge is 1.95. The van der Waals surface area contributed by atoms with Crippen LogP contribution in [0.3, 0.4) is 0 Å². The second-order valence-corrected chi connectivity index (χ2v) is 4.20.